The van der Waals surface area contributed by atoms with Crippen LogP contribution >= 0.6 is 0 Å². The Balaban J connectivity index is 1.44. The van der Waals surface area contributed by atoms with E-state index in [1.807, 2.05) is 42.5 Å². The van der Waals surface area contributed by atoms with Crippen molar-refractivity contribution in [1.82, 2.24) is 0 Å². The number of guanidine groups is 1. The molecule has 15 nitrogen and oxygen atoms in total. The second-order valence-electron chi connectivity index (χ2n) is 11.2. The first kappa shape index (κ1) is 32.1. The predicted octanol–water partition coefficient (Wildman–Crippen LogP) is 1.31. The Bertz CT molecular complexity index is 2160. The van der Waals surface area contributed by atoms with E-state index in [0.29, 0.717) is 16.7 Å². The van der Waals surface area contributed by atoms with Crippen molar-refractivity contribution in [2.45, 2.75) is 30.2 Å². The average Bonchev–Trinajstić information content (AvgIpc) is 3.05. The zero-order valence-corrected chi connectivity index (χ0v) is 24.7. The predicted molar refractivity (Wildman–Crippen MR) is 170 cm³/mol. The molecule has 4 aromatic carbocycles. The number of carbonyl (C=O) groups is 1. The molecule has 0 bridgehead atoms. The second-order valence-corrected chi connectivity index (χ2v) is 11.2. The van der Waals surface area contributed by atoms with Gasteiger partial charge in [-0.25, -0.2) is 4.79 Å². The number of aliphatic hydroxyl groups is 3. The van der Waals surface area contributed by atoms with Gasteiger partial charge in [0.25, 0.3) is 0 Å². The third-order valence-electron chi connectivity index (χ3n) is 8.11. The highest BCUT2D eigenvalue weighted by atomic mass is 16.7. The van der Waals surface area contributed by atoms with Gasteiger partial charge >= 0.3 is 5.97 Å². The molecule has 5 aromatic rings. The van der Waals surface area contributed by atoms with Crippen molar-refractivity contribution in [3.05, 3.63) is 83.0 Å². The minimum absolute atomic E-state index is 0.00123. The number of nitrogens with two attached hydrogens (primary N) is 2. The monoisotopic (exact) mass is 659 g/mol. The number of aromatic hydroxyl groups is 3. The average molecular weight is 660 g/mol. The summed E-state index contributed by atoms with van der Waals surface area (Å²) >= 11 is 0. The molecule has 1 aliphatic heterocycles. The smallest absolute Gasteiger partial charge is 0.335 e. The van der Waals surface area contributed by atoms with Gasteiger partial charge < -0.3 is 61.1 Å². The van der Waals surface area contributed by atoms with Gasteiger partial charge in [-0.3, -0.25) is 9.79 Å². The largest absolute Gasteiger partial charge is 0.508 e. The molecule has 1 aromatic heterocycles. The molecule has 0 spiro atoms. The SMILES string of the molecule is NC(N)=NCC1(O)C(O)C(Oc2cc3oc(-c4ccc(O)cc4-c4ccc5ccccc5c4)cc(=O)c3c(O)c2O)OC(C(=O)O)C1O. The molecule has 2 heterocycles. The molecule has 0 aliphatic carbocycles. The van der Waals surface area contributed by atoms with E-state index in [-0.39, 0.29) is 17.1 Å². The highest BCUT2D eigenvalue weighted by Gasteiger charge is 2.58. The first-order valence-electron chi connectivity index (χ1n) is 14.3. The fourth-order valence-corrected chi connectivity index (χ4v) is 5.62. The molecule has 5 atom stereocenters. The number of phenols is 3. The van der Waals surface area contributed by atoms with Crippen LogP contribution in [0.4, 0.5) is 0 Å². The van der Waals surface area contributed by atoms with Crippen molar-refractivity contribution in [3.63, 3.8) is 0 Å². The van der Waals surface area contributed by atoms with E-state index in [1.165, 1.54) is 18.2 Å². The van der Waals surface area contributed by atoms with Gasteiger partial charge in [-0.1, -0.05) is 36.4 Å². The summed E-state index contributed by atoms with van der Waals surface area (Å²) in [5, 5.41) is 75.5. The van der Waals surface area contributed by atoms with Crippen LogP contribution in [0.15, 0.2) is 87.0 Å². The molecule has 11 N–H and O–H groups in total. The number of nitrogens with zero attached hydrogens (tertiary/aromatic N) is 1. The van der Waals surface area contributed by atoms with Crippen molar-refractivity contribution >= 4 is 33.7 Å². The molecule has 248 valence electrons. The molecule has 48 heavy (non-hydrogen) atoms. The number of carboxylic acids is 1. The van der Waals surface area contributed by atoms with E-state index in [2.05, 4.69) is 4.99 Å². The molecular weight excluding hydrogens is 630 g/mol. The van der Waals surface area contributed by atoms with Crippen molar-refractivity contribution in [3.8, 4) is 45.4 Å². The number of fused-ring (bicyclic) bond motifs is 2. The van der Waals surface area contributed by atoms with Crippen LogP contribution in [-0.4, -0.2) is 84.4 Å². The Labute approximate surface area is 269 Å². The zero-order valence-electron chi connectivity index (χ0n) is 24.7. The van der Waals surface area contributed by atoms with Crippen LogP contribution in [0.5, 0.6) is 23.0 Å². The molecule has 1 saturated heterocycles. The van der Waals surface area contributed by atoms with Gasteiger partial charge in [0.2, 0.25) is 12.0 Å². The molecule has 1 fully saturated rings. The number of rotatable bonds is 7. The Morgan fingerprint density at radius 1 is 0.896 bits per heavy atom. The van der Waals surface area contributed by atoms with Gasteiger partial charge in [-0.15, -0.1) is 0 Å². The van der Waals surface area contributed by atoms with Gasteiger partial charge in [0.1, 0.15) is 40.3 Å². The summed E-state index contributed by atoms with van der Waals surface area (Å²) in [6, 6.07) is 19.8. The lowest BCUT2D eigenvalue weighted by atomic mass is 9.84. The maximum Gasteiger partial charge on any atom is 0.335 e. The lowest BCUT2D eigenvalue weighted by Gasteiger charge is -2.45. The number of carboxylic acid groups (broad SMARTS) is 1. The minimum atomic E-state index is -2.72. The van der Waals surface area contributed by atoms with Crippen LogP contribution < -0.4 is 21.6 Å². The molecule has 0 radical (unpaired) electrons. The third kappa shape index (κ3) is 5.56. The molecule has 5 unspecified atom stereocenters. The fraction of sp³-hybridized carbons (Fsp3) is 0.182. The molecule has 6 rings (SSSR count). The first-order valence-corrected chi connectivity index (χ1v) is 14.3. The summed E-state index contributed by atoms with van der Waals surface area (Å²) in [6.07, 6.45) is -8.72. The van der Waals surface area contributed by atoms with Crippen LogP contribution in [0.2, 0.25) is 0 Å². The molecular formula is C33H29N3O12. The summed E-state index contributed by atoms with van der Waals surface area (Å²) in [4.78, 5) is 28.7. The molecule has 0 saturated carbocycles. The summed E-state index contributed by atoms with van der Waals surface area (Å²) in [5.74, 6) is -4.98. The van der Waals surface area contributed by atoms with Crippen LogP contribution in [0.25, 0.3) is 44.2 Å². The van der Waals surface area contributed by atoms with E-state index >= 15 is 0 Å². The summed E-state index contributed by atoms with van der Waals surface area (Å²) < 4.78 is 16.8. The number of hydrogen-bond donors (Lipinski definition) is 9. The van der Waals surface area contributed by atoms with Crippen LogP contribution in [-0.2, 0) is 9.53 Å². The van der Waals surface area contributed by atoms with Gasteiger partial charge in [-0.2, -0.15) is 0 Å². The van der Waals surface area contributed by atoms with E-state index in [0.717, 1.165) is 22.9 Å². The van der Waals surface area contributed by atoms with E-state index in [4.69, 9.17) is 25.4 Å². The first-order chi connectivity index (χ1) is 22.8. The fourth-order valence-electron chi connectivity index (χ4n) is 5.62. The minimum Gasteiger partial charge on any atom is -0.508 e. The normalized spacial score (nSPS) is 22.4. The Morgan fingerprint density at radius 3 is 2.33 bits per heavy atom. The van der Waals surface area contributed by atoms with Gasteiger partial charge in [0, 0.05) is 17.7 Å². The van der Waals surface area contributed by atoms with Gasteiger partial charge in [-0.05, 0) is 46.2 Å². The highest BCUT2D eigenvalue weighted by Crippen LogP contribution is 2.44. The maximum atomic E-state index is 13.3. The zero-order chi connectivity index (χ0) is 34.5. The number of phenolic OH excluding ortho intramolecular Hbond substituents is 3. The number of hydrogen-bond acceptors (Lipinski definition) is 12. The second kappa shape index (κ2) is 12.1. The van der Waals surface area contributed by atoms with Gasteiger partial charge in [0.15, 0.2) is 29.0 Å². The van der Waals surface area contributed by atoms with Crippen molar-refractivity contribution in [2.75, 3.05) is 6.54 Å². The topological polar surface area (TPSA) is 272 Å². The quantitative estimate of drug-likeness (QED) is 0.0677. The van der Waals surface area contributed by atoms with Crippen LogP contribution in [0.1, 0.15) is 0 Å². The Kier molecular flexibility index (Phi) is 8.06. The third-order valence-corrected chi connectivity index (χ3v) is 8.11. The summed E-state index contributed by atoms with van der Waals surface area (Å²) in [7, 11) is 0. The van der Waals surface area contributed by atoms with Crippen molar-refractivity contribution in [1.29, 1.82) is 0 Å². The van der Waals surface area contributed by atoms with E-state index in [9.17, 15) is 45.3 Å². The lowest BCUT2D eigenvalue weighted by Crippen LogP contribution is -2.70. The van der Waals surface area contributed by atoms with Crippen LogP contribution in [0.3, 0.4) is 0 Å². The standard InChI is InChI=1S/C33H29N3O12/c34-32(35)36-13-33(45)28(41)27(30(43)44)48-31(29(33)42)47-23-12-22-24(26(40)25(23)39)20(38)11-21(46-22)18-8-7-17(37)10-19(18)16-6-5-14-3-1-2-4-15(14)9-16/h1-12,27-29,31,37,39-42,45H,13H2,(H,43,44)(H4,34,35,36). The Hall–Kier alpha value is -5.87. The Morgan fingerprint density at radius 2 is 1.62 bits per heavy atom. The molecule has 15 heteroatoms. The summed E-state index contributed by atoms with van der Waals surface area (Å²) in [5.41, 5.74) is 8.38. The van der Waals surface area contributed by atoms with Gasteiger partial charge in [0.05, 0.1) is 6.54 Å². The number of aliphatic hydroxyl groups excluding tert-OH is 2. The number of aliphatic imine (C=N–C) groups is 1. The lowest BCUT2D eigenvalue weighted by molar-refractivity contribution is -0.303. The maximum absolute atomic E-state index is 13.3. The molecule has 0 amide bonds. The number of benzene rings is 4. The van der Waals surface area contributed by atoms with Crippen LogP contribution in [0, 0.1) is 0 Å². The van der Waals surface area contributed by atoms with E-state index < -0.39 is 76.7 Å². The van der Waals surface area contributed by atoms with Crippen molar-refractivity contribution < 1.29 is 54.4 Å². The van der Waals surface area contributed by atoms with E-state index in [1.54, 1.807) is 0 Å². The molecule has 1 aliphatic rings. The van der Waals surface area contributed by atoms with Crippen molar-refractivity contribution in [2.24, 2.45) is 16.5 Å². The summed E-state index contributed by atoms with van der Waals surface area (Å²) in [6.45, 7) is -0.871. The highest BCUT2D eigenvalue weighted by molar-refractivity contribution is 5.93. The number of aliphatic carboxylic acids is 1. The number of ether oxygens (including phenoxy) is 2.